The lowest BCUT2D eigenvalue weighted by molar-refractivity contribution is -0.137. The number of methoxy groups -OCH3 is 1. The molecule has 1 unspecified atom stereocenters. The Hall–Kier alpha value is -4.20. The van der Waals surface area contributed by atoms with Gasteiger partial charge in [-0.25, -0.2) is 13.4 Å². The summed E-state index contributed by atoms with van der Waals surface area (Å²) < 4.78 is 72.9. The minimum absolute atomic E-state index is 0.0353. The van der Waals surface area contributed by atoms with Crippen molar-refractivity contribution in [1.82, 2.24) is 14.7 Å². The predicted molar refractivity (Wildman–Crippen MR) is 150 cm³/mol. The summed E-state index contributed by atoms with van der Waals surface area (Å²) in [5, 5.41) is 5.47. The fraction of sp³-hybridized carbons (Fsp3) is 0.143. The van der Waals surface area contributed by atoms with Crippen molar-refractivity contribution in [2.24, 2.45) is 0 Å². The van der Waals surface area contributed by atoms with Gasteiger partial charge in [-0.1, -0.05) is 18.2 Å². The van der Waals surface area contributed by atoms with Crippen LogP contribution in [0.1, 0.15) is 11.1 Å². The maximum Gasteiger partial charge on any atom is 0.416 e. The fourth-order valence-corrected chi connectivity index (χ4v) is 6.12. The molecule has 2 heterocycles. The van der Waals surface area contributed by atoms with Gasteiger partial charge in [0, 0.05) is 28.0 Å². The normalized spacial score (nSPS) is 12.8. The minimum Gasteiger partial charge on any atom is -0.497 e. The van der Waals surface area contributed by atoms with Crippen molar-refractivity contribution >= 4 is 43.3 Å². The molecule has 0 bridgehead atoms. The van der Waals surface area contributed by atoms with Crippen LogP contribution in [0.5, 0.6) is 5.75 Å². The Kier molecular flexibility index (Phi) is 7.84. The summed E-state index contributed by atoms with van der Waals surface area (Å²) in [5.41, 5.74) is 1.89. The highest BCUT2D eigenvalue weighted by Gasteiger charge is 2.32. The van der Waals surface area contributed by atoms with Gasteiger partial charge in [-0.2, -0.15) is 17.9 Å². The number of thiazole rings is 1. The van der Waals surface area contributed by atoms with Crippen LogP contribution in [-0.4, -0.2) is 37.4 Å². The number of alkyl halides is 3. The Morgan fingerprint density at radius 1 is 1.05 bits per heavy atom. The first-order valence-electron chi connectivity index (χ1n) is 12.2. The maximum atomic E-state index is 13.5. The molecule has 2 aromatic heterocycles. The largest absolute Gasteiger partial charge is 0.497 e. The number of benzene rings is 3. The van der Waals surface area contributed by atoms with Gasteiger partial charge in [-0.05, 0) is 66.6 Å². The molecule has 0 fully saturated rings. The number of nitrogens with one attached hydrogen (secondary N) is 3. The number of carbonyl (C=O) groups excluding carboxylic acids is 1. The standard InChI is InChI=1S/C28H23F3N4O4S2/c1-39-20-10-6-17(7-11-20)25-16-40-27(33-25)34-26(36)24(14-18-15-32-23-5-3-2-4-22(18)23)35-41(37,38)21-12-8-19(9-13-21)28(29,30)31/h2-13,15-16,24,32,35H,14H2,1H3,(H,33,34,36). The number of ether oxygens (including phenoxy) is 1. The van der Waals surface area contributed by atoms with E-state index in [-0.39, 0.29) is 11.6 Å². The second-order valence-electron chi connectivity index (χ2n) is 9.02. The third-order valence-electron chi connectivity index (χ3n) is 6.32. The van der Waals surface area contributed by atoms with Crippen LogP contribution in [0.25, 0.3) is 22.2 Å². The summed E-state index contributed by atoms with van der Waals surface area (Å²) in [7, 11) is -2.82. The van der Waals surface area contributed by atoms with E-state index in [1.165, 1.54) is 0 Å². The van der Waals surface area contributed by atoms with Gasteiger partial charge in [0.05, 0.1) is 23.3 Å². The molecule has 3 N–H and O–H groups in total. The molecule has 41 heavy (non-hydrogen) atoms. The van der Waals surface area contributed by atoms with Crippen LogP contribution in [0.2, 0.25) is 0 Å². The van der Waals surface area contributed by atoms with Crippen LogP contribution in [0, 0.1) is 0 Å². The van der Waals surface area contributed by atoms with E-state index in [0.717, 1.165) is 39.9 Å². The summed E-state index contributed by atoms with van der Waals surface area (Å²) in [6.45, 7) is 0. The molecule has 13 heteroatoms. The number of aromatic amines is 1. The van der Waals surface area contributed by atoms with Crippen molar-refractivity contribution in [3.8, 4) is 17.0 Å². The molecule has 3 aromatic carbocycles. The zero-order valence-corrected chi connectivity index (χ0v) is 23.0. The van der Waals surface area contributed by atoms with E-state index in [1.54, 1.807) is 30.8 Å². The van der Waals surface area contributed by atoms with Crippen LogP contribution in [0.4, 0.5) is 18.3 Å². The molecule has 1 amide bonds. The molecule has 0 aliphatic heterocycles. The number of amides is 1. The molecule has 0 aliphatic rings. The average Bonchev–Trinajstić information content (AvgIpc) is 3.59. The van der Waals surface area contributed by atoms with Crippen molar-refractivity contribution in [3.05, 3.63) is 95.5 Å². The van der Waals surface area contributed by atoms with E-state index < -0.39 is 38.6 Å². The number of hydrogen-bond acceptors (Lipinski definition) is 6. The van der Waals surface area contributed by atoms with E-state index in [0.29, 0.717) is 29.1 Å². The highest BCUT2D eigenvalue weighted by molar-refractivity contribution is 7.89. The van der Waals surface area contributed by atoms with Gasteiger partial charge in [0.15, 0.2) is 5.13 Å². The minimum atomic E-state index is -4.62. The number of carbonyl (C=O) groups is 1. The molecule has 8 nitrogen and oxygen atoms in total. The molecule has 0 spiro atoms. The summed E-state index contributed by atoms with van der Waals surface area (Å²) in [4.78, 5) is 20.6. The van der Waals surface area contributed by atoms with Crippen LogP contribution in [0.3, 0.4) is 0 Å². The smallest absolute Gasteiger partial charge is 0.416 e. The number of rotatable bonds is 9. The zero-order valence-electron chi connectivity index (χ0n) is 21.4. The molecular weight excluding hydrogens is 577 g/mol. The quantitative estimate of drug-likeness (QED) is 0.197. The third-order valence-corrected chi connectivity index (χ3v) is 8.57. The molecular formula is C28H23F3N4O4S2. The van der Waals surface area contributed by atoms with E-state index >= 15 is 0 Å². The van der Waals surface area contributed by atoms with Crippen molar-refractivity contribution in [1.29, 1.82) is 0 Å². The van der Waals surface area contributed by atoms with Gasteiger partial charge in [0.25, 0.3) is 0 Å². The first-order chi connectivity index (χ1) is 19.5. The number of anilines is 1. The molecule has 5 aromatic rings. The highest BCUT2D eigenvalue weighted by Crippen LogP contribution is 2.30. The lowest BCUT2D eigenvalue weighted by atomic mass is 10.1. The molecule has 0 aliphatic carbocycles. The van der Waals surface area contributed by atoms with Crippen molar-refractivity contribution in [2.75, 3.05) is 12.4 Å². The monoisotopic (exact) mass is 600 g/mol. The summed E-state index contributed by atoms with van der Waals surface area (Å²) in [5.74, 6) is -0.000595. The van der Waals surface area contributed by atoms with Crippen LogP contribution < -0.4 is 14.8 Å². The predicted octanol–water partition coefficient (Wildman–Crippen LogP) is 5.85. The Bertz CT molecular complexity index is 1780. The number of halogens is 3. The fourth-order valence-electron chi connectivity index (χ4n) is 4.20. The summed E-state index contributed by atoms with van der Waals surface area (Å²) in [6, 6.07) is 16.3. The van der Waals surface area contributed by atoms with Crippen LogP contribution in [-0.2, 0) is 27.4 Å². The zero-order chi connectivity index (χ0) is 29.2. The number of aromatic nitrogens is 2. The van der Waals surface area contributed by atoms with Gasteiger partial charge >= 0.3 is 6.18 Å². The lowest BCUT2D eigenvalue weighted by Crippen LogP contribution is -2.45. The van der Waals surface area contributed by atoms with Gasteiger partial charge < -0.3 is 15.0 Å². The number of hydrogen-bond donors (Lipinski definition) is 3. The lowest BCUT2D eigenvalue weighted by Gasteiger charge is -2.18. The first-order valence-corrected chi connectivity index (χ1v) is 14.6. The Morgan fingerprint density at radius 2 is 1.76 bits per heavy atom. The average molecular weight is 601 g/mol. The van der Waals surface area contributed by atoms with Gasteiger partial charge in [0.2, 0.25) is 15.9 Å². The van der Waals surface area contributed by atoms with E-state index in [1.807, 2.05) is 36.4 Å². The van der Waals surface area contributed by atoms with Gasteiger partial charge in [-0.3, -0.25) is 4.79 Å². The van der Waals surface area contributed by atoms with E-state index in [9.17, 15) is 26.4 Å². The molecule has 0 saturated heterocycles. The number of H-pyrrole nitrogens is 1. The second kappa shape index (κ2) is 11.4. The Labute approximate surface area is 237 Å². The van der Waals surface area contributed by atoms with Gasteiger partial charge in [0.1, 0.15) is 11.8 Å². The Balaban J connectivity index is 1.41. The van der Waals surface area contributed by atoms with Crippen molar-refractivity contribution in [2.45, 2.75) is 23.5 Å². The topological polar surface area (TPSA) is 113 Å². The number of nitrogens with zero attached hydrogens (tertiary/aromatic N) is 1. The highest BCUT2D eigenvalue weighted by atomic mass is 32.2. The molecule has 0 saturated carbocycles. The number of sulfonamides is 1. The van der Waals surface area contributed by atoms with Crippen molar-refractivity contribution in [3.63, 3.8) is 0 Å². The second-order valence-corrected chi connectivity index (χ2v) is 11.6. The Morgan fingerprint density at radius 3 is 2.44 bits per heavy atom. The number of para-hydroxylation sites is 1. The van der Waals surface area contributed by atoms with Gasteiger partial charge in [-0.15, -0.1) is 11.3 Å². The SMILES string of the molecule is COc1ccc(-c2csc(NC(=O)C(Cc3c[nH]c4ccccc34)NS(=O)(=O)c3ccc(C(F)(F)F)cc3)n2)cc1. The molecule has 5 rings (SSSR count). The summed E-state index contributed by atoms with van der Waals surface area (Å²) in [6.07, 6.45) is -2.97. The maximum absolute atomic E-state index is 13.5. The third kappa shape index (κ3) is 6.42. The van der Waals surface area contributed by atoms with Crippen LogP contribution >= 0.6 is 11.3 Å². The molecule has 0 radical (unpaired) electrons. The van der Waals surface area contributed by atoms with Crippen molar-refractivity contribution < 1.29 is 31.1 Å². The first kappa shape index (κ1) is 28.3. The van der Waals surface area contributed by atoms with E-state index in [4.69, 9.17) is 4.74 Å². The molecule has 212 valence electrons. The molecule has 1 atom stereocenters. The van der Waals surface area contributed by atoms with Crippen LogP contribution in [0.15, 0.2) is 89.3 Å². The summed E-state index contributed by atoms with van der Waals surface area (Å²) >= 11 is 1.16. The number of fused-ring (bicyclic) bond motifs is 1. The van der Waals surface area contributed by atoms with E-state index in [2.05, 4.69) is 20.0 Å².